The van der Waals surface area contributed by atoms with Gasteiger partial charge in [0.2, 0.25) is 12.1 Å². The molecular weight excluding hydrogens is 488 g/mol. The summed E-state index contributed by atoms with van der Waals surface area (Å²) in [5.41, 5.74) is 2.74. The molecule has 0 unspecified atom stereocenters. The Hall–Kier alpha value is -3.63. The van der Waals surface area contributed by atoms with Gasteiger partial charge in [0.15, 0.2) is 6.10 Å². The lowest BCUT2D eigenvalue weighted by atomic mass is 9.95. The lowest BCUT2D eigenvalue weighted by molar-refractivity contribution is -0.562. The van der Waals surface area contributed by atoms with Crippen LogP contribution in [0.1, 0.15) is 23.6 Å². The molecule has 0 spiro atoms. The molecule has 0 radical (unpaired) electrons. The van der Waals surface area contributed by atoms with Crippen molar-refractivity contribution in [1.82, 2.24) is 5.32 Å². The molecule has 0 bridgehead atoms. The lowest BCUT2D eigenvalue weighted by Crippen LogP contribution is -2.66. The van der Waals surface area contributed by atoms with Gasteiger partial charge in [0.1, 0.15) is 12.2 Å². The molecule has 1 amide bonds. The highest BCUT2D eigenvalue weighted by Crippen LogP contribution is 2.29. The maximum Gasteiger partial charge on any atom is 0.285 e. The molecule has 1 aliphatic heterocycles. The topological polar surface area (TPSA) is 109 Å². The number of carbonyl (C=O) groups excluding carboxylic acids is 1. The van der Waals surface area contributed by atoms with Crippen LogP contribution in [0.2, 0.25) is 0 Å². The molecule has 1 aliphatic rings. The van der Waals surface area contributed by atoms with Gasteiger partial charge < -0.3 is 24.3 Å². The van der Waals surface area contributed by atoms with Crippen LogP contribution in [0.4, 0.5) is 0 Å². The summed E-state index contributed by atoms with van der Waals surface area (Å²) in [6, 6.07) is 27.2. The second-order valence-electron chi connectivity index (χ2n) is 9.09. The van der Waals surface area contributed by atoms with Gasteiger partial charge in [-0.3, -0.25) is 14.9 Å². The molecule has 1 saturated heterocycles. The second-order valence-corrected chi connectivity index (χ2v) is 9.09. The van der Waals surface area contributed by atoms with Gasteiger partial charge in [0, 0.05) is 11.8 Å². The van der Waals surface area contributed by atoms with Crippen LogP contribution >= 0.6 is 0 Å². The fourth-order valence-corrected chi connectivity index (χ4v) is 4.40. The minimum atomic E-state index is -1.39. The Morgan fingerprint density at radius 1 is 0.816 bits per heavy atom. The molecule has 3 aromatic carbocycles. The van der Waals surface area contributed by atoms with E-state index in [1.807, 2.05) is 91.0 Å². The number of amides is 1. The van der Waals surface area contributed by atoms with Gasteiger partial charge in [0.25, 0.3) is 6.04 Å². The van der Waals surface area contributed by atoms with Crippen LogP contribution in [-0.2, 0) is 43.6 Å². The Labute approximate surface area is 221 Å². The Balaban J connectivity index is 1.59. The minimum absolute atomic E-state index is 0.0834. The van der Waals surface area contributed by atoms with Crippen LogP contribution in [0.15, 0.2) is 91.0 Å². The van der Waals surface area contributed by atoms with Crippen LogP contribution in [-0.4, -0.2) is 48.0 Å². The molecule has 3 aromatic rings. The van der Waals surface area contributed by atoms with Crippen molar-refractivity contribution >= 4 is 5.91 Å². The third kappa shape index (κ3) is 7.69. The first kappa shape index (κ1) is 27.4. The van der Waals surface area contributed by atoms with E-state index in [2.05, 4.69) is 5.32 Å². The number of benzene rings is 3. The van der Waals surface area contributed by atoms with Gasteiger partial charge in [0.05, 0.1) is 26.4 Å². The molecule has 0 aromatic heterocycles. The summed E-state index contributed by atoms with van der Waals surface area (Å²) in [6.07, 6.45) is -3.82. The molecule has 1 N–H and O–H groups in total. The molecule has 38 heavy (non-hydrogen) atoms. The highest BCUT2D eigenvalue weighted by atomic mass is 16.7. The normalized spacial score (nSPS) is 23.0. The van der Waals surface area contributed by atoms with Crippen molar-refractivity contribution in [3.8, 4) is 0 Å². The van der Waals surface area contributed by atoms with E-state index in [0.717, 1.165) is 16.7 Å². The first-order valence-corrected chi connectivity index (χ1v) is 12.5. The first-order chi connectivity index (χ1) is 18.5. The molecular formula is C29H32N2O7. The van der Waals surface area contributed by atoms with Gasteiger partial charge in [-0.15, -0.1) is 0 Å². The molecule has 0 saturated carbocycles. The van der Waals surface area contributed by atoms with Crippen molar-refractivity contribution < 1.29 is 28.7 Å². The fourth-order valence-electron chi connectivity index (χ4n) is 4.40. The zero-order chi connectivity index (χ0) is 26.7. The summed E-state index contributed by atoms with van der Waals surface area (Å²) in [6.45, 7) is 2.03. The maximum absolute atomic E-state index is 12.3. The SMILES string of the molecule is CC(=O)N[C@H]1O[C@H](COCc2ccccc2)[C@@H](OCc2ccccc2)[C@H](OCc2ccccc2)[C@H]1[N+](=O)[O-]. The number of nitrogens with one attached hydrogen (secondary N) is 1. The van der Waals surface area contributed by atoms with E-state index in [1.54, 1.807) is 0 Å². The van der Waals surface area contributed by atoms with Crippen molar-refractivity contribution in [2.75, 3.05) is 6.61 Å². The smallest absolute Gasteiger partial charge is 0.285 e. The highest BCUT2D eigenvalue weighted by Gasteiger charge is 2.54. The number of nitro groups is 1. The van der Waals surface area contributed by atoms with Crippen LogP contribution in [0.3, 0.4) is 0 Å². The van der Waals surface area contributed by atoms with E-state index in [0.29, 0.717) is 6.61 Å². The number of hydrogen-bond acceptors (Lipinski definition) is 7. The maximum atomic E-state index is 12.3. The largest absolute Gasteiger partial charge is 0.374 e. The molecule has 0 aliphatic carbocycles. The van der Waals surface area contributed by atoms with E-state index in [-0.39, 0.29) is 19.8 Å². The minimum Gasteiger partial charge on any atom is -0.374 e. The zero-order valence-electron chi connectivity index (χ0n) is 21.2. The van der Waals surface area contributed by atoms with Gasteiger partial charge in [-0.1, -0.05) is 91.0 Å². The molecule has 5 atom stereocenters. The van der Waals surface area contributed by atoms with Gasteiger partial charge >= 0.3 is 0 Å². The van der Waals surface area contributed by atoms with E-state index < -0.39 is 41.4 Å². The molecule has 9 nitrogen and oxygen atoms in total. The van der Waals surface area contributed by atoms with Crippen molar-refractivity contribution in [2.45, 2.75) is 57.3 Å². The number of rotatable bonds is 12. The van der Waals surface area contributed by atoms with Crippen molar-refractivity contribution in [3.63, 3.8) is 0 Å². The summed E-state index contributed by atoms with van der Waals surface area (Å²) in [5, 5.41) is 14.9. The Morgan fingerprint density at radius 3 is 1.76 bits per heavy atom. The molecule has 1 heterocycles. The third-order valence-corrected chi connectivity index (χ3v) is 6.21. The average molecular weight is 521 g/mol. The Bertz CT molecular complexity index is 1150. The third-order valence-electron chi connectivity index (χ3n) is 6.21. The molecule has 9 heteroatoms. The zero-order valence-corrected chi connectivity index (χ0v) is 21.2. The molecule has 4 rings (SSSR count). The lowest BCUT2D eigenvalue weighted by Gasteiger charge is -2.42. The van der Waals surface area contributed by atoms with Crippen LogP contribution in [0, 0.1) is 10.1 Å². The standard InChI is InChI=1S/C29H32N2O7/c1-21(32)30-29-26(31(33)34)28(37-19-24-15-9-4-10-16-24)27(36-18-23-13-7-3-8-14-23)25(38-29)20-35-17-22-11-5-2-6-12-22/h2-16,25-29H,17-20H2,1H3,(H,30,32)/t25-,26-,27-,28-,29+/m1/s1. The summed E-state index contributed by atoms with van der Waals surface area (Å²) in [4.78, 5) is 23.8. The Morgan fingerprint density at radius 2 is 1.29 bits per heavy atom. The summed E-state index contributed by atoms with van der Waals surface area (Å²) >= 11 is 0. The van der Waals surface area contributed by atoms with E-state index in [1.165, 1.54) is 6.92 Å². The number of ether oxygens (including phenoxy) is 4. The van der Waals surface area contributed by atoms with Gasteiger partial charge in [-0.2, -0.15) is 0 Å². The van der Waals surface area contributed by atoms with Gasteiger partial charge in [-0.05, 0) is 16.7 Å². The van der Waals surface area contributed by atoms with E-state index in [9.17, 15) is 14.9 Å². The summed E-state index contributed by atoms with van der Waals surface area (Å²) < 4.78 is 24.5. The summed E-state index contributed by atoms with van der Waals surface area (Å²) in [7, 11) is 0. The van der Waals surface area contributed by atoms with Crippen LogP contribution in [0.25, 0.3) is 0 Å². The van der Waals surface area contributed by atoms with Crippen molar-refractivity contribution in [3.05, 3.63) is 118 Å². The van der Waals surface area contributed by atoms with Crippen molar-refractivity contribution in [1.29, 1.82) is 0 Å². The summed E-state index contributed by atoms with van der Waals surface area (Å²) in [5.74, 6) is -0.448. The fraction of sp³-hybridized carbons (Fsp3) is 0.345. The average Bonchev–Trinajstić information content (AvgIpc) is 2.92. The second kappa shape index (κ2) is 13.8. The number of nitrogens with zero attached hydrogens (tertiary/aromatic N) is 1. The monoisotopic (exact) mass is 520 g/mol. The Kier molecular flexibility index (Phi) is 9.94. The molecule has 1 fully saturated rings. The van der Waals surface area contributed by atoms with Crippen molar-refractivity contribution in [2.24, 2.45) is 0 Å². The van der Waals surface area contributed by atoms with E-state index >= 15 is 0 Å². The first-order valence-electron chi connectivity index (χ1n) is 12.5. The number of carbonyl (C=O) groups is 1. The number of hydrogen-bond donors (Lipinski definition) is 1. The highest BCUT2D eigenvalue weighted by molar-refractivity contribution is 5.73. The van der Waals surface area contributed by atoms with E-state index in [4.69, 9.17) is 18.9 Å². The quantitative estimate of drug-likeness (QED) is 0.285. The van der Waals surface area contributed by atoms with Crippen LogP contribution < -0.4 is 5.32 Å². The molecule has 200 valence electrons. The van der Waals surface area contributed by atoms with Crippen LogP contribution in [0.5, 0.6) is 0 Å². The predicted octanol–water partition coefficient (Wildman–Crippen LogP) is 3.88. The van der Waals surface area contributed by atoms with Gasteiger partial charge in [-0.25, -0.2) is 0 Å². The predicted molar refractivity (Wildman–Crippen MR) is 139 cm³/mol.